The van der Waals surface area contributed by atoms with E-state index in [0.717, 1.165) is 5.56 Å². The van der Waals surface area contributed by atoms with Gasteiger partial charge in [0.1, 0.15) is 6.04 Å². The number of carbonyl (C=O) groups excluding carboxylic acids is 1. The van der Waals surface area contributed by atoms with Crippen LogP contribution in [0.4, 0.5) is 0 Å². The van der Waals surface area contributed by atoms with Crippen LogP contribution in [0.2, 0.25) is 0 Å². The predicted molar refractivity (Wildman–Crippen MR) is 77.0 cm³/mol. The molecule has 2 rings (SSSR count). The van der Waals surface area contributed by atoms with Crippen molar-refractivity contribution in [2.24, 2.45) is 7.05 Å². The van der Waals surface area contributed by atoms with Crippen molar-refractivity contribution >= 4 is 11.9 Å². The van der Waals surface area contributed by atoms with E-state index in [1.807, 2.05) is 30.3 Å². The Bertz CT molecular complexity index is 649. The quantitative estimate of drug-likeness (QED) is 0.864. The summed E-state index contributed by atoms with van der Waals surface area (Å²) in [6.07, 6.45) is 1.67. The minimum absolute atomic E-state index is 0.237. The Morgan fingerprint density at radius 1 is 1.33 bits per heavy atom. The number of carbonyl (C=O) groups is 2. The number of carboxylic acid groups (broad SMARTS) is 1. The van der Waals surface area contributed by atoms with Gasteiger partial charge < -0.3 is 10.4 Å². The molecular weight excluding hydrogens is 270 g/mol. The summed E-state index contributed by atoms with van der Waals surface area (Å²) in [5.41, 5.74) is 1.93. The fourth-order valence-corrected chi connectivity index (χ4v) is 2.01. The van der Waals surface area contributed by atoms with E-state index >= 15 is 0 Å². The van der Waals surface area contributed by atoms with Gasteiger partial charge in [-0.2, -0.15) is 5.10 Å². The van der Waals surface area contributed by atoms with Gasteiger partial charge in [0.2, 0.25) is 0 Å². The summed E-state index contributed by atoms with van der Waals surface area (Å²) in [7, 11) is 1.73. The molecule has 0 aliphatic carbocycles. The van der Waals surface area contributed by atoms with Gasteiger partial charge in [0.05, 0.1) is 11.8 Å². The molecule has 1 amide bonds. The number of carboxylic acids is 1. The second kappa shape index (κ2) is 6.21. The third-order valence-electron chi connectivity index (χ3n) is 3.37. The zero-order valence-electron chi connectivity index (χ0n) is 11.9. The lowest BCUT2D eigenvalue weighted by atomic mass is 10.1. The number of hydrogen-bond acceptors (Lipinski definition) is 3. The first-order chi connectivity index (χ1) is 9.99. The molecule has 6 heteroatoms. The zero-order valence-corrected chi connectivity index (χ0v) is 11.9. The Labute approximate surface area is 122 Å². The Morgan fingerprint density at radius 2 is 2.00 bits per heavy atom. The SMILES string of the molecule is Cc1c(C(=O)N[C@H](Cc2ccccc2)C(=O)O)cnn1C. The van der Waals surface area contributed by atoms with Crippen LogP contribution in [0.1, 0.15) is 21.6 Å². The number of nitrogens with one attached hydrogen (secondary N) is 1. The highest BCUT2D eigenvalue weighted by Crippen LogP contribution is 2.08. The van der Waals surface area contributed by atoms with Gasteiger partial charge in [-0.05, 0) is 12.5 Å². The first-order valence-corrected chi connectivity index (χ1v) is 6.55. The fourth-order valence-electron chi connectivity index (χ4n) is 2.01. The molecule has 2 N–H and O–H groups in total. The van der Waals surface area contributed by atoms with Gasteiger partial charge >= 0.3 is 5.97 Å². The van der Waals surface area contributed by atoms with Crippen molar-refractivity contribution < 1.29 is 14.7 Å². The van der Waals surface area contributed by atoms with Crippen LogP contribution in [-0.4, -0.2) is 32.8 Å². The number of aryl methyl sites for hydroxylation is 1. The summed E-state index contributed by atoms with van der Waals surface area (Å²) >= 11 is 0. The fraction of sp³-hybridized carbons (Fsp3) is 0.267. The van der Waals surface area contributed by atoms with Crippen LogP contribution in [0.5, 0.6) is 0 Å². The van der Waals surface area contributed by atoms with Crippen molar-refractivity contribution in [2.45, 2.75) is 19.4 Å². The van der Waals surface area contributed by atoms with Crippen LogP contribution in [-0.2, 0) is 18.3 Å². The van der Waals surface area contributed by atoms with Crippen molar-refractivity contribution in [1.29, 1.82) is 0 Å². The average molecular weight is 287 g/mol. The van der Waals surface area contributed by atoms with E-state index in [0.29, 0.717) is 11.3 Å². The molecule has 1 aromatic heterocycles. The second-order valence-electron chi connectivity index (χ2n) is 4.82. The molecular formula is C15H17N3O3. The molecule has 6 nitrogen and oxygen atoms in total. The highest BCUT2D eigenvalue weighted by Gasteiger charge is 2.22. The molecule has 21 heavy (non-hydrogen) atoms. The lowest BCUT2D eigenvalue weighted by molar-refractivity contribution is -0.139. The third kappa shape index (κ3) is 3.47. The highest BCUT2D eigenvalue weighted by atomic mass is 16.4. The maximum absolute atomic E-state index is 12.2. The molecule has 1 aromatic carbocycles. The van der Waals surface area contributed by atoms with Gasteiger partial charge in [0.15, 0.2) is 0 Å². The molecule has 0 saturated heterocycles. The van der Waals surface area contributed by atoms with Crippen molar-refractivity contribution in [3.05, 3.63) is 53.3 Å². The van der Waals surface area contributed by atoms with E-state index in [1.165, 1.54) is 6.20 Å². The molecule has 0 radical (unpaired) electrons. The molecule has 1 atom stereocenters. The van der Waals surface area contributed by atoms with Crippen LogP contribution in [0, 0.1) is 6.92 Å². The van der Waals surface area contributed by atoms with Crippen molar-refractivity contribution in [2.75, 3.05) is 0 Å². The summed E-state index contributed by atoms with van der Waals surface area (Å²) in [4.78, 5) is 23.5. The van der Waals surface area contributed by atoms with Crippen LogP contribution in [0.25, 0.3) is 0 Å². The third-order valence-corrected chi connectivity index (χ3v) is 3.37. The van der Waals surface area contributed by atoms with Crippen LogP contribution in [0.3, 0.4) is 0 Å². The molecule has 110 valence electrons. The Balaban J connectivity index is 2.11. The number of hydrogen-bond donors (Lipinski definition) is 2. The molecule has 0 aliphatic heterocycles. The van der Waals surface area contributed by atoms with E-state index in [4.69, 9.17) is 0 Å². The highest BCUT2D eigenvalue weighted by molar-refractivity contribution is 5.97. The Kier molecular flexibility index (Phi) is 4.37. The summed E-state index contributed by atoms with van der Waals surface area (Å²) in [6.45, 7) is 1.76. The van der Waals surface area contributed by atoms with E-state index in [-0.39, 0.29) is 6.42 Å². The van der Waals surface area contributed by atoms with Gasteiger partial charge in [0, 0.05) is 19.2 Å². The molecule has 0 aliphatic rings. The number of aromatic nitrogens is 2. The molecule has 0 spiro atoms. The van der Waals surface area contributed by atoms with E-state index in [1.54, 1.807) is 18.7 Å². The standard InChI is InChI=1S/C15H17N3O3/c1-10-12(9-16-18(10)2)14(19)17-13(15(20)21)8-11-6-4-3-5-7-11/h3-7,9,13H,8H2,1-2H3,(H,17,19)(H,20,21)/t13-/m1/s1. The van der Waals surface area contributed by atoms with Crippen LogP contribution < -0.4 is 5.32 Å². The normalized spacial score (nSPS) is 11.9. The van der Waals surface area contributed by atoms with Crippen LogP contribution >= 0.6 is 0 Å². The molecule has 2 aromatic rings. The molecule has 0 bridgehead atoms. The number of amides is 1. The van der Waals surface area contributed by atoms with Gasteiger partial charge in [-0.3, -0.25) is 9.48 Å². The largest absolute Gasteiger partial charge is 0.480 e. The topological polar surface area (TPSA) is 84.2 Å². The van der Waals surface area contributed by atoms with E-state index in [2.05, 4.69) is 10.4 Å². The summed E-state index contributed by atoms with van der Waals surface area (Å²) in [6, 6.07) is 8.22. The van der Waals surface area contributed by atoms with E-state index < -0.39 is 17.9 Å². The summed E-state index contributed by atoms with van der Waals surface area (Å²) in [5.74, 6) is -1.49. The lowest BCUT2D eigenvalue weighted by Crippen LogP contribution is -2.42. The minimum atomic E-state index is -1.06. The maximum atomic E-state index is 12.2. The number of aliphatic carboxylic acids is 1. The Hall–Kier alpha value is -2.63. The lowest BCUT2D eigenvalue weighted by Gasteiger charge is -2.14. The molecule has 0 unspecified atom stereocenters. The van der Waals surface area contributed by atoms with E-state index in [9.17, 15) is 14.7 Å². The second-order valence-corrected chi connectivity index (χ2v) is 4.82. The molecule has 0 fully saturated rings. The molecule has 1 heterocycles. The number of rotatable bonds is 5. The molecule has 0 saturated carbocycles. The maximum Gasteiger partial charge on any atom is 0.326 e. The average Bonchev–Trinajstić information content (AvgIpc) is 2.79. The number of benzene rings is 1. The van der Waals surface area contributed by atoms with Crippen molar-refractivity contribution in [3.63, 3.8) is 0 Å². The smallest absolute Gasteiger partial charge is 0.326 e. The van der Waals surface area contributed by atoms with Gasteiger partial charge in [0.25, 0.3) is 5.91 Å². The Morgan fingerprint density at radius 3 is 2.52 bits per heavy atom. The van der Waals surface area contributed by atoms with Crippen molar-refractivity contribution in [1.82, 2.24) is 15.1 Å². The van der Waals surface area contributed by atoms with Gasteiger partial charge in [-0.1, -0.05) is 30.3 Å². The van der Waals surface area contributed by atoms with Gasteiger partial charge in [-0.25, -0.2) is 4.79 Å². The zero-order chi connectivity index (χ0) is 15.4. The summed E-state index contributed by atoms with van der Waals surface area (Å²) < 4.78 is 1.57. The predicted octanol–water partition coefficient (Wildman–Crippen LogP) is 1.15. The van der Waals surface area contributed by atoms with Crippen LogP contribution in [0.15, 0.2) is 36.5 Å². The first kappa shape index (κ1) is 14.8. The summed E-state index contributed by atoms with van der Waals surface area (Å²) in [5, 5.41) is 15.8. The first-order valence-electron chi connectivity index (χ1n) is 6.55. The monoisotopic (exact) mass is 287 g/mol. The number of nitrogens with zero attached hydrogens (tertiary/aromatic N) is 2. The van der Waals surface area contributed by atoms with Gasteiger partial charge in [-0.15, -0.1) is 0 Å². The minimum Gasteiger partial charge on any atom is -0.480 e. The van der Waals surface area contributed by atoms with Crippen molar-refractivity contribution in [3.8, 4) is 0 Å².